The highest BCUT2D eigenvalue weighted by Gasteiger charge is 2.33. The summed E-state index contributed by atoms with van der Waals surface area (Å²) in [5.41, 5.74) is 1.55. The van der Waals surface area contributed by atoms with Crippen molar-refractivity contribution in [3.8, 4) is 0 Å². The molecule has 0 spiro atoms. The second kappa shape index (κ2) is 12.9. The Labute approximate surface area is 228 Å². The van der Waals surface area contributed by atoms with Crippen LogP contribution >= 0.6 is 11.6 Å². The minimum atomic E-state index is -3.96. The molecular weight excluding hydrogens is 529 g/mol. The third kappa shape index (κ3) is 8.29. The van der Waals surface area contributed by atoms with Crippen molar-refractivity contribution in [2.75, 3.05) is 17.1 Å². The van der Waals surface area contributed by atoms with E-state index in [1.54, 1.807) is 24.3 Å². The maximum absolute atomic E-state index is 13.9. The predicted octanol–water partition coefficient (Wildman–Crippen LogP) is 4.41. The first-order valence-electron chi connectivity index (χ1n) is 12.1. The largest absolute Gasteiger partial charge is 0.352 e. The van der Waals surface area contributed by atoms with Crippen molar-refractivity contribution in [2.45, 2.75) is 38.9 Å². The van der Waals surface area contributed by atoms with Crippen molar-refractivity contribution in [3.05, 3.63) is 101 Å². The number of sulfonamides is 1. The van der Waals surface area contributed by atoms with Gasteiger partial charge in [-0.15, -0.1) is 0 Å². The number of rotatable bonds is 11. The van der Waals surface area contributed by atoms with Crippen LogP contribution in [-0.2, 0) is 32.6 Å². The summed E-state index contributed by atoms with van der Waals surface area (Å²) in [4.78, 5) is 28.7. The molecule has 7 nitrogen and oxygen atoms in total. The molecule has 38 heavy (non-hydrogen) atoms. The molecule has 1 N–H and O–H groups in total. The molecule has 0 unspecified atom stereocenters. The number of nitrogens with zero attached hydrogens (tertiary/aromatic N) is 2. The van der Waals surface area contributed by atoms with Crippen molar-refractivity contribution in [1.82, 2.24) is 10.2 Å². The molecule has 3 aromatic rings. The van der Waals surface area contributed by atoms with E-state index in [1.165, 1.54) is 23.1 Å². The molecule has 0 aliphatic heterocycles. The second-order valence-electron chi connectivity index (χ2n) is 9.27. The van der Waals surface area contributed by atoms with Crippen LogP contribution in [-0.4, -0.2) is 50.0 Å². The highest BCUT2D eigenvalue weighted by molar-refractivity contribution is 7.92. The van der Waals surface area contributed by atoms with Crippen molar-refractivity contribution in [2.24, 2.45) is 0 Å². The lowest BCUT2D eigenvalue weighted by Gasteiger charge is -2.34. The zero-order chi connectivity index (χ0) is 27.9. The summed E-state index contributed by atoms with van der Waals surface area (Å²) in [7, 11) is -3.96. The van der Waals surface area contributed by atoms with Crippen LogP contribution < -0.4 is 9.62 Å². The highest BCUT2D eigenvalue weighted by Crippen LogP contribution is 2.21. The van der Waals surface area contributed by atoms with Gasteiger partial charge < -0.3 is 10.2 Å². The van der Waals surface area contributed by atoms with Crippen LogP contribution in [0.5, 0.6) is 0 Å². The molecule has 2 amide bonds. The standard InChI is InChI=1S/C28H31ClFN3O4S/c1-20(2)31-28(35)26(16-21-8-5-4-6-9-21)32(18-22-12-14-23(29)15-13-22)27(34)19-33(38(3,36)37)25-11-7-10-24(30)17-25/h4-15,17,20,26H,16,18-19H2,1-3H3,(H,31,35)/t26-/m1/s1. The number of hydrogen-bond acceptors (Lipinski definition) is 4. The fourth-order valence-corrected chi connectivity index (χ4v) is 4.93. The lowest BCUT2D eigenvalue weighted by molar-refractivity contribution is -0.140. The molecule has 3 rings (SSSR count). The van der Waals surface area contributed by atoms with Gasteiger partial charge in [-0.3, -0.25) is 13.9 Å². The first-order chi connectivity index (χ1) is 17.9. The van der Waals surface area contributed by atoms with E-state index in [0.29, 0.717) is 10.6 Å². The third-order valence-electron chi connectivity index (χ3n) is 5.74. The molecule has 3 aromatic carbocycles. The Kier molecular flexibility index (Phi) is 9.88. The van der Waals surface area contributed by atoms with E-state index in [0.717, 1.165) is 22.2 Å². The van der Waals surface area contributed by atoms with Gasteiger partial charge in [0.25, 0.3) is 0 Å². The zero-order valence-electron chi connectivity index (χ0n) is 21.5. The molecule has 0 aliphatic rings. The molecule has 0 saturated heterocycles. The van der Waals surface area contributed by atoms with Crippen LogP contribution in [0.1, 0.15) is 25.0 Å². The maximum Gasteiger partial charge on any atom is 0.244 e. The minimum Gasteiger partial charge on any atom is -0.352 e. The number of amides is 2. The van der Waals surface area contributed by atoms with Crippen molar-refractivity contribution in [3.63, 3.8) is 0 Å². The summed E-state index contributed by atoms with van der Waals surface area (Å²) in [6, 6.07) is 20.0. The van der Waals surface area contributed by atoms with Crippen LogP contribution in [0.3, 0.4) is 0 Å². The van der Waals surface area contributed by atoms with Crippen LogP contribution in [0, 0.1) is 5.82 Å². The molecular formula is C28H31ClFN3O4S. The maximum atomic E-state index is 13.9. The van der Waals surface area contributed by atoms with E-state index in [4.69, 9.17) is 11.6 Å². The minimum absolute atomic E-state index is 0.0125. The molecule has 0 saturated carbocycles. The molecule has 0 bridgehead atoms. The average molecular weight is 560 g/mol. The van der Waals surface area contributed by atoms with E-state index < -0.39 is 34.3 Å². The Bertz CT molecular complexity index is 1350. The van der Waals surface area contributed by atoms with E-state index in [9.17, 15) is 22.4 Å². The van der Waals surface area contributed by atoms with Crippen LogP contribution in [0.2, 0.25) is 5.02 Å². The zero-order valence-corrected chi connectivity index (χ0v) is 23.0. The van der Waals surface area contributed by atoms with E-state index in [-0.39, 0.29) is 30.6 Å². The number of hydrogen-bond donors (Lipinski definition) is 1. The molecule has 202 valence electrons. The van der Waals surface area contributed by atoms with Gasteiger partial charge in [-0.1, -0.05) is 60.1 Å². The molecule has 0 radical (unpaired) electrons. The monoisotopic (exact) mass is 559 g/mol. The molecule has 0 aromatic heterocycles. The summed E-state index contributed by atoms with van der Waals surface area (Å²) >= 11 is 6.04. The fraction of sp³-hybridized carbons (Fsp3) is 0.286. The van der Waals surface area contributed by atoms with Crippen LogP contribution in [0.4, 0.5) is 10.1 Å². The summed E-state index contributed by atoms with van der Waals surface area (Å²) < 4.78 is 40.1. The van der Waals surface area contributed by atoms with Crippen molar-refractivity contribution >= 4 is 39.1 Å². The summed E-state index contributed by atoms with van der Waals surface area (Å²) in [5.74, 6) is -1.63. The first-order valence-corrected chi connectivity index (χ1v) is 14.3. The second-order valence-corrected chi connectivity index (χ2v) is 11.6. The van der Waals surface area contributed by atoms with Gasteiger partial charge >= 0.3 is 0 Å². The Balaban J connectivity index is 2.05. The Morgan fingerprint density at radius 3 is 2.18 bits per heavy atom. The van der Waals surface area contributed by atoms with E-state index >= 15 is 0 Å². The lowest BCUT2D eigenvalue weighted by Crippen LogP contribution is -2.54. The number of carbonyl (C=O) groups excluding carboxylic acids is 2. The predicted molar refractivity (Wildman–Crippen MR) is 148 cm³/mol. The summed E-state index contributed by atoms with van der Waals surface area (Å²) in [6.45, 7) is 3.05. The molecule has 0 heterocycles. The van der Waals surface area contributed by atoms with Crippen LogP contribution in [0.25, 0.3) is 0 Å². The van der Waals surface area contributed by atoms with Gasteiger partial charge in [0.15, 0.2) is 0 Å². The van der Waals surface area contributed by atoms with Crippen molar-refractivity contribution in [1.29, 1.82) is 0 Å². The SMILES string of the molecule is CC(C)NC(=O)[C@@H](Cc1ccccc1)N(Cc1ccc(Cl)cc1)C(=O)CN(c1cccc(F)c1)S(C)(=O)=O. The Hall–Kier alpha value is -3.43. The quantitative estimate of drug-likeness (QED) is 0.377. The molecule has 10 heteroatoms. The Morgan fingerprint density at radius 1 is 0.947 bits per heavy atom. The number of halogens is 2. The Morgan fingerprint density at radius 2 is 1.61 bits per heavy atom. The van der Waals surface area contributed by atoms with Gasteiger partial charge in [-0.05, 0) is 55.3 Å². The van der Waals surface area contributed by atoms with E-state index in [1.807, 2.05) is 44.2 Å². The normalized spacial score (nSPS) is 12.2. The molecule has 0 aliphatic carbocycles. The van der Waals surface area contributed by atoms with Gasteiger partial charge in [-0.2, -0.15) is 0 Å². The topological polar surface area (TPSA) is 86.8 Å². The van der Waals surface area contributed by atoms with Crippen LogP contribution in [0.15, 0.2) is 78.9 Å². The smallest absolute Gasteiger partial charge is 0.244 e. The van der Waals surface area contributed by atoms with Gasteiger partial charge in [0.05, 0.1) is 11.9 Å². The molecule has 0 fully saturated rings. The summed E-state index contributed by atoms with van der Waals surface area (Å²) in [5, 5.41) is 3.39. The van der Waals surface area contributed by atoms with Gasteiger partial charge in [0.1, 0.15) is 18.4 Å². The average Bonchev–Trinajstić information content (AvgIpc) is 2.85. The highest BCUT2D eigenvalue weighted by atomic mass is 35.5. The van der Waals surface area contributed by atoms with Gasteiger partial charge in [0.2, 0.25) is 21.8 Å². The van der Waals surface area contributed by atoms with E-state index in [2.05, 4.69) is 5.32 Å². The number of carbonyl (C=O) groups is 2. The van der Waals surface area contributed by atoms with Gasteiger partial charge in [-0.25, -0.2) is 12.8 Å². The lowest BCUT2D eigenvalue weighted by atomic mass is 10.0. The number of anilines is 1. The molecule has 1 atom stereocenters. The number of benzene rings is 3. The van der Waals surface area contributed by atoms with Gasteiger partial charge in [0, 0.05) is 24.0 Å². The third-order valence-corrected chi connectivity index (χ3v) is 7.14. The first kappa shape index (κ1) is 29.1. The van der Waals surface area contributed by atoms with Crippen molar-refractivity contribution < 1.29 is 22.4 Å². The fourth-order valence-electron chi connectivity index (χ4n) is 3.97. The summed E-state index contributed by atoms with van der Waals surface area (Å²) in [6.07, 6.45) is 1.15. The number of nitrogens with one attached hydrogen (secondary N) is 1.